The highest BCUT2D eigenvalue weighted by Gasteiger charge is 2.12. The first-order valence-electron chi connectivity index (χ1n) is 7.76. The highest BCUT2D eigenvalue weighted by atomic mass is 16.5. The van der Waals surface area contributed by atoms with Gasteiger partial charge in [-0.2, -0.15) is 0 Å². The van der Waals surface area contributed by atoms with Crippen molar-refractivity contribution in [2.45, 2.75) is 20.0 Å². The molecular formula is C19H25NO3. The molecule has 1 N–H and O–H groups in total. The standard InChI is InChI=1S/C19H25NO3/c1-15-11-18(22-2)19(23-3)12-17(15)14-20(9-10-21)13-16-7-5-4-6-8-16/h4-8,11-12,21H,9-10,13-14H2,1-3H3. The Morgan fingerprint density at radius 2 is 1.61 bits per heavy atom. The van der Waals surface area contributed by atoms with Gasteiger partial charge in [0.15, 0.2) is 11.5 Å². The number of benzene rings is 2. The zero-order valence-corrected chi connectivity index (χ0v) is 14.1. The molecule has 0 unspecified atom stereocenters. The number of hydrogen-bond acceptors (Lipinski definition) is 4. The molecule has 0 aliphatic rings. The maximum absolute atomic E-state index is 9.36. The Balaban J connectivity index is 2.19. The Labute approximate surface area is 138 Å². The van der Waals surface area contributed by atoms with Gasteiger partial charge in [-0.05, 0) is 35.7 Å². The molecule has 4 heteroatoms. The first kappa shape index (κ1) is 17.3. The van der Waals surface area contributed by atoms with Crippen LogP contribution in [0.25, 0.3) is 0 Å². The predicted octanol–water partition coefficient (Wildman–Crippen LogP) is 3.01. The van der Waals surface area contributed by atoms with Crippen molar-refractivity contribution in [3.63, 3.8) is 0 Å². The lowest BCUT2D eigenvalue weighted by molar-refractivity contribution is 0.184. The molecule has 2 aromatic carbocycles. The van der Waals surface area contributed by atoms with Crippen molar-refractivity contribution in [1.82, 2.24) is 4.90 Å². The van der Waals surface area contributed by atoms with Crippen molar-refractivity contribution in [2.24, 2.45) is 0 Å². The van der Waals surface area contributed by atoms with Gasteiger partial charge in [0.05, 0.1) is 20.8 Å². The van der Waals surface area contributed by atoms with Crippen LogP contribution in [0.1, 0.15) is 16.7 Å². The Bertz CT molecular complexity index is 614. The summed E-state index contributed by atoms with van der Waals surface area (Å²) in [5.41, 5.74) is 3.56. The third kappa shape index (κ3) is 4.71. The summed E-state index contributed by atoms with van der Waals surface area (Å²) in [5, 5.41) is 9.36. The van der Waals surface area contributed by atoms with Crippen LogP contribution in [0.5, 0.6) is 11.5 Å². The van der Waals surface area contributed by atoms with Gasteiger partial charge in [0, 0.05) is 19.6 Å². The van der Waals surface area contributed by atoms with Crippen LogP contribution in [0, 0.1) is 6.92 Å². The molecular weight excluding hydrogens is 290 g/mol. The SMILES string of the molecule is COc1cc(C)c(CN(CCO)Cc2ccccc2)cc1OC. The van der Waals surface area contributed by atoms with Gasteiger partial charge in [0.25, 0.3) is 0 Å². The maximum Gasteiger partial charge on any atom is 0.161 e. The molecule has 0 amide bonds. The Morgan fingerprint density at radius 1 is 0.957 bits per heavy atom. The van der Waals surface area contributed by atoms with Gasteiger partial charge in [-0.1, -0.05) is 30.3 Å². The van der Waals surface area contributed by atoms with Gasteiger partial charge in [-0.15, -0.1) is 0 Å². The minimum atomic E-state index is 0.138. The van der Waals surface area contributed by atoms with Crippen molar-refractivity contribution in [3.05, 3.63) is 59.2 Å². The Kier molecular flexibility index (Phi) is 6.44. The molecule has 2 rings (SSSR count). The van der Waals surface area contributed by atoms with Crippen molar-refractivity contribution < 1.29 is 14.6 Å². The van der Waals surface area contributed by atoms with E-state index in [9.17, 15) is 5.11 Å². The fourth-order valence-corrected chi connectivity index (χ4v) is 2.63. The summed E-state index contributed by atoms with van der Waals surface area (Å²) >= 11 is 0. The topological polar surface area (TPSA) is 41.9 Å². The van der Waals surface area contributed by atoms with Crippen LogP contribution in [0.4, 0.5) is 0 Å². The molecule has 0 radical (unpaired) electrons. The third-order valence-corrected chi connectivity index (χ3v) is 3.90. The zero-order chi connectivity index (χ0) is 16.7. The molecule has 4 nitrogen and oxygen atoms in total. The van der Waals surface area contributed by atoms with Crippen LogP contribution in [-0.4, -0.2) is 37.4 Å². The van der Waals surface area contributed by atoms with Gasteiger partial charge in [-0.3, -0.25) is 4.90 Å². The number of methoxy groups -OCH3 is 2. The summed E-state index contributed by atoms with van der Waals surface area (Å²) in [6.07, 6.45) is 0. The summed E-state index contributed by atoms with van der Waals surface area (Å²) in [7, 11) is 3.29. The molecule has 0 fully saturated rings. The molecule has 23 heavy (non-hydrogen) atoms. The van der Waals surface area contributed by atoms with E-state index in [4.69, 9.17) is 9.47 Å². The average Bonchev–Trinajstić information content (AvgIpc) is 2.57. The highest BCUT2D eigenvalue weighted by molar-refractivity contribution is 5.47. The molecule has 0 spiro atoms. The van der Waals surface area contributed by atoms with E-state index in [0.29, 0.717) is 6.54 Å². The monoisotopic (exact) mass is 315 g/mol. The molecule has 0 aromatic heterocycles. The van der Waals surface area contributed by atoms with Crippen LogP contribution in [-0.2, 0) is 13.1 Å². The molecule has 0 bridgehead atoms. The maximum atomic E-state index is 9.36. The van der Waals surface area contributed by atoms with E-state index in [1.165, 1.54) is 11.1 Å². The van der Waals surface area contributed by atoms with Crippen molar-refractivity contribution in [3.8, 4) is 11.5 Å². The molecule has 0 saturated heterocycles. The van der Waals surface area contributed by atoms with Crippen LogP contribution >= 0.6 is 0 Å². The lowest BCUT2D eigenvalue weighted by atomic mass is 10.1. The Morgan fingerprint density at radius 3 is 2.22 bits per heavy atom. The fourth-order valence-electron chi connectivity index (χ4n) is 2.63. The number of hydrogen-bond donors (Lipinski definition) is 1. The van der Waals surface area contributed by atoms with Crippen molar-refractivity contribution >= 4 is 0 Å². The van der Waals surface area contributed by atoms with Crippen LogP contribution in [0.2, 0.25) is 0 Å². The second kappa shape index (κ2) is 8.56. The summed E-state index contributed by atoms with van der Waals surface area (Å²) in [4.78, 5) is 2.23. The van der Waals surface area contributed by atoms with Crippen molar-refractivity contribution in [1.29, 1.82) is 0 Å². The zero-order valence-electron chi connectivity index (χ0n) is 14.1. The van der Waals surface area contributed by atoms with E-state index in [-0.39, 0.29) is 6.61 Å². The number of aliphatic hydroxyl groups is 1. The molecule has 0 atom stereocenters. The van der Waals surface area contributed by atoms with Gasteiger partial charge in [0.1, 0.15) is 0 Å². The third-order valence-electron chi connectivity index (χ3n) is 3.90. The quantitative estimate of drug-likeness (QED) is 0.813. The lowest BCUT2D eigenvalue weighted by Crippen LogP contribution is -2.26. The number of aliphatic hydroxyl groups excluding tert-OH is 1. The summed E-state index contributed by atoms with van der Waals surface area (Å²) in [6, 6.07) is 14.3. The Hall–Kier alpha value is -2.04. The van der Waals surface area contributed by atoms with E-state index in [2.05, 4.69) is 24.0 Å². The minimum Gasteiger partial charge on any atom is -0.493 e. The molecule has 0 aliphatic heterocycles. The van der Waals surface area contributed by atoms with Gasteiger partial charge in [0.2, 0.25) is 0 Å². The lowest BCUT2D eigenvalue weighted by Gasteiger charge is -2.23. The second-order valence-electron chi connectivity index (χ2n) is 5.55. The number of rotatable bonds is 8. The average molecular weight is 315 g/mol. The molecule has 0 heterocycles. The van der Waals surface area contributed by atoms with E-state index < -0.39 is 0 Å². The second-order valence-corrected chi connectivity index (χ2v) is 5.55. The molecule has 124 valence electrons. The first-order valence-corrected chi connectivity index (χ1v) is 7.76. The predicted molar refractivity (Wildman–Crippen MR) is 91.9 cm³/mol. The van der Waals surface area contributed by atoms with Crippen LogP contribution in [0.15, 0.2) is 42.5 Å². The summed E-state index contributed by atoms with van der Waals surface area (Å²) in [5.74, 6) is 1.47. The van der Waals surface area contributed by atoms with E-state index in [0.717, 1.165) is 30.2 Å². The molecule has 0 saturated carbocycles. The summed E-state index contributed by atoms with van der Waals surface area (Å²) < 4.78 is 10.7. The van der Waals surface area contributed by atoms with E-state index in [1.54, 1.807) is 14.2 Å². The van der Waals surface area contributed by atoms with E-state index in [1.807, 2.05) is 30.3 Å². The normalized spacial score (nSPS) is 10.8. The van der Waals surface area contributed by atoms with Crippen LogP contribution < -0.4 is 9.47 Å². The number of ether oxygens (including phenoxy) is 2. The van der Waals surface area contributed by atoms with Gasteiger partial charge >= 0.3 is 0 Å². The molecule has 0 aliphatic carbocycles. The summed E-state index contributed by atoms with van der Waals surface area (Å²) in [6.45, 7) is 4.38. The smallest absolute Gasteiger partial charge is 0.161 e. The number of nitrogens with zero attached hydrogens (tertiary/aromatic N) is 1. The highest BCUT2D eigenvalue weighted by Crippen LogP contribution is 2.31. The largest absolute Gasteiger partial charge is 0.493 e. The molecule has 2 aromatic rings. The van der Waals surface area contributed by atoms with Gasteiger partial charge < -0.3 is 14.6 Å². The van der Waals surface area contributed by atoms with Crippen molar-refractivity contribution in [2.75, 3.05) is 27.4 Å². The number of aryl methyl sites for hydroxylation is 1. The van der Waals surface area contributed by atoms with E-state index >= 15 is 0 Å². The van der Waals surface area contributed by atoms with Gasteiger partial charge in [-0.25, -0.2) is 0 Å². The fraction of sp³-hybridized carbons (Fsp3) is 0.368. The van der Waals surface area contributed by atoms with Crippen LogP contribution in [0.3, 0.4) is 0 Å². The minimum absolute atomic E-state index is 0.138. The first-order chi connectivity index (χ1) is 11.2.